The van der Waals surface area contributed by atoms with Gasteiger partial charge in [0.2, 0.25) is 10.0 Å². The number of anilines is 1. The highest BCUT2D eigenvalue weighted by Gasteiger charge is 2.25. The van der Waals surface area contributed by atoms with Gasteiger partial charge in [-0.2, -0.15) is 0 Å². The van der Waals surface area contributed by atoms with Gasteiger partial charge in [0.1, 0.15) is 4.21 Å². The topological polar surface area (TPSA) is 136 Å². The summed E-state index contributed by atoms with van der Waals surface area (Å²) in [5.74, 6) is -1.16. The highest BCUT2D eigenvalue weighted by Crippen LogP contribution is 2.30. The Morgan fingerprint density at radius 2 is 2.10 bits per heavy atom. The van der Waals surface area contributed by atoms with Gasteiger partial charge in [-0.3, -0.25) is 19.7 Å². The highest BCUT2D eigenvalue weighted by atomic mass is 32.2. The predicted octanol–water partition coefficient (Wildman–Crippen LogP) is 1.85. The van der Waals surface area contributed by atoms with Crippen molar-refractivity contribution in [1.29, 1.82) is 0 Å². The number of hydrogen-bond donors (Lipinski definition) is 1. The molecule has 1 amide bonds. The van der Waals surface area contributed by atoms with Crippen LogP contribution in [0.15, 0.2) is 39.9 Å². The van der Waals surface area contributed by atoms with Gasteiger partial charge in [0, 0.05) is 30.9 Å². The van der Waals surface area contributed by atoms with Crippen molar-refractivity contribution in [2.24, 2.45) is 0 Å². The molecule has 10 nitrogen and oxygen atoms in total. The minimum absolute atomic E-state index is 0.0422. The molecule has 0 spiro atoms. The average molecular weight is 453 g/mol. The van der Waals surface area contributed by atoms with E-state index < -0.39 is 33.4 Å². The van der Waals surface area contributed by atoms with Gasteiger partial charge in [0.25, 0.3) is 11.6 Å². The van der Waals surface area contributed by atoms with E-state index in [1.165, 1.54) is 29.2 Å². The number of ether oxygens (including phenoxy) is 1. The second kappa shape index (κ2) is 9.32. The zero-order chi connectivity index (χ0) is 21.7. The fraction of sp³-hybridized carbons (Fsp3) is 0.333. The van der Waals surface area contributed by atoms with E-state index in [1.54, 1.807) is 11.4 Å². The monoisotopic (exact) mass is 453 g/mol. The Morgan fingerprint density at radius 1 is 1.30 bits per heavy atom. The fourth-order valence-electron chi connectivity index (χ4n) is 3.02. The number of nitrogens with zero attached hydrogens (tertiary/aromatic N) is 2. The number of aryl methyl sites for hydroxylation is 1. The van der Waals surface area contributed by atoms with E-state index in [1.807, 2.05) is 0 Å². The van der Waals surface area contributed by atoms with Crippen LogP contribution in [0.5, 0.6) is 0 Å². The maximum atomic E-state index is 12.5. The number of nitro groups is 1. The summed E-state index contributed by atoms with van der Waals surface area (Å²) in [5.41, 5.74) is 1.22. The summed E-state index contributed by atoms with van der Waals surface area (Å²) in [7, 11) is -3.67. The molecule has 0 fully saturated rings. The van der Waals surface area contributed by atoms with E-state index in [0.717, 1.165) is 11.3 Å². The number of hydrogen-bond acceptors (Lipinski definition) is 8. The number of nitrogens with one attached hydrogen (secondary N) is 1. The normalized spacial score (nSPS) is 13.5. The summed E-state index contributed by atoms with van der Waals surface area (Å²) in [6, 6.07) is 7.35. The Bertz CT molecular complexity index is 1050. The molecule has 2 heterocycles. The first kappa shape index (κ1) is 21.9. The number of fused-ring (bicyclic) bond motifs is 1. The molecule has 0 saturated heterocycles. The minimum atomic E-state index is -3.67. The van der Waals surface area contributed by atoms with Crippen LogP contribution in [0.25, 0.3) is 0 Å². The fourth-order valence-corrected chi connectivity index (χ4v) is 5.09. The zero-order valence-electron chi connectivity index (χ0n) is 15.8. The number of benzene rings is 1. The lowest BCUT2D eigenvalue weighted by atomic mass is 10.0. The lowest BCUT2D eigenvalue weighted by Gasteiger charge is -2.29. The lowest BCUT2D eigenvalue weighted by Crippen LogP contribution is -2.38. The molecule has 30 heavy (non-hydrogen) atoms. The maximum Gasteiger partial charge on any atom is 0.307 e. The first-order valence-corrected chi connectivity index (χ1v) is 11.4. The quantitative estimate of drug-likeness (QED) is 0.366. The van der Waals surface area contributed by atoms with Crippen molar-refractivity contribution < 1.29 is 27.7 Å². The Labute approximate surface area is 176 Å². The molecular weight excluding hydrogens is 434 g/mol. The number of rotatable bonds is 8. The predicted molar refractivity (Wildman–Crippen MR) is 109 cm³/mol. The molecule has 1 N–H and O–H groups in total. The van der Waals surface area contributed by atoms with Gasteiger partial charge in [-0.05, 0) is 35.9 Å². The molecule has 1 aliphatic heterocycles. The first-order valence-electron chi connectivity index (χ1n) is 9.04. The van der Waals surface area contributed by atoms with E-state index in [-0.39, 0.29) is 22.9 Å². The average Bonchev–Trinajstić information content (AvgIpc) is 3.27. The number of amides is 1. The van der Waals surface area contributed by atoms with Gasteiger partial charge < -0.3 is 9.64 Å². The number of nitro benzene ring substituents is 1. The van der Waals surface area contributed by atoms with E-state index in [2.05, 4.69) is 4.72 Å². The van der Waals surface area contributed by atoms with Gasteiger partial charge in [-0.25, -0.2) is 13.1 Å². The Kier molecular flexibility index (Phi) is 6.80. The number of carbonyl (C=O) groups is 2. The van der Waals surface area contributed by atoms with E-state index in [9.17, 15) is 28.1 Å². The number of sulfonamides is 1. The molecule has 0 saturated carbocycles. The van der Waals surface area contributed by atoms with Gasteiger partial charge in [-0.15, -0.1) is 11.3 Å². The lowest BCUT2D eigenvalue weighted by molar-refractivity contribution is -0.384. The summed E-state index contributed by atoms with van der Waals surface area (Å²) in [6.45, 7) is -0.224. The summed E-state index contributed by atoms with van der Waals surface area (Å²) in [4.78, 5) is 36.2. The number of thiophene rings is 1. The maximum absolute atomic E-state index is 12.5. The molecule has 3 rings (SSSR count). The molecule has 2 aromatic rings. The van der Waals surface area contributed by atoms with Gasteiger partial charge in [0.15, 0.2) is 6.61 Å². The van der Waals surface area contributed by atoms with Crippen molar-refractivity contribution in [3.63, 3.8) is 0 Å². The molecule has 0 unspecified atom stereocenters. The van der Waals surface area contributed by atoms with Crippen LogP contribution in [0.2, 0.25) is 0 Å². The van der Waals surface area contributed by atoms with Gasteiger partial charge in [-0.1, -0.05) is 6.07 Å². The molecule has 0 bridgehead atoms. The molecule has 12 heteroatoms. The van der Waals surface area contributed by atoms with Crippen molar-refractivity contribution >= 4 is 44.6 Å². The molecule has 1 aromatic heterocycles. The SMILES string of the molecule is O=C(CCNS(=O)(=O)c1cccs1)OCC(=O)N1CCCc2cc([N+](=O)[O-])ccc21. The highest BCUT2D eigenvalue weighted by molar-refractivity contribution is 7.91. The van der Waals surface area contributed by atoms with E-state index >= 15 is 0 Å². The van der Waals surface area contributed by atoms with Crippen LogP contribution in [0.4, 0.5) is 11.4 Å². The number of carbonyl (C=O) groups excluding carboxylic acids is 2. The number of non-ortho nitro benzene ring substituents is 1. The van der Waals surface area contributed by atoms with Crippen molar-refractivity contribution in [2.45, 2.75) is 23.5 Å². The third-order valence-electron chi connectivity index (χ3n) is 4.43. The van der Waals surface area contributed by atoms with Crippen LogP contribution in [-0.4, -0.2) is 44.9 Å². The zero-order valence-corrected chi connectivity index (χ0v) is 17.4. The first-order chi connectivity index (χ1) is 14.3. The van der Waals surface area contributed by atoms with Crippen molar-refractivity contribution in [3.8, 4) is 0 Å². The molecule has 0 radical (unpaired) electrons. The Hall–Kier alpha value is -2.83. The van der Waals surface area contributed by atoms with Crippen LogP contribution < -0.4 is 9.62 Å². The van der Waals surface area contributed by atoms with Gasteiger partial charge >= 0.3 is 5.97 Å². The van der Waals surface area contributed by atoms with Crippen molar-refractivity contribution in [1.82, 2.24) is 4.72 Å². The van der Waals surface area contributed by atoms with E-state index in [4.69, 9.17) is 4.74 Å². The van der Waals surface area contributed by atoms with Crippen LogP contribution in [-0.2, 0) is 30.8 Å². The summed E-state index contributed by atoms with van der Waals surface area (Å²) in [6.07, 6.45) is 1.03. The second-order valence-corrected chi connectivity index (χ2v) is 9.40. The Morgan fingerprint density at radius 3 is 2.80 bits per heavy atom. The molecule has 1 aliphatic rings. The summed E-state index contributed by atoms with van der Waals surface area (Å²) < 4.78 is 31.4. The largest absolute Gasteiger partial charge is 0.456 e. The smallest absolute Gasteiger partial charge is 0.307 e. The third kappa shape index (κ3) is 5.20. The molecule has 160 valence electrons. The molecule has 0 atom stereocenters. The molecule has 0 aliphatic carbocycles. The van der Waals surface area contributed by atoms with Crippen molar-refractivity contribution in [3.05, 3.63) is 51.4 Å². The van der Waals surface area contributed by atoms with Crippen molar-refractivity contribution in [2.75, 3.05) is 24.6 Å². The van der Waals surface area contributed by atoms with Gasteiger partial charge in [0.05, 0.1) is 11.3 Å². The summed E-state index contributed by atoms with van der Waals surface area (Å²) in [5, 5.41) is 12.6. The minimum Gasteiger partial charge on any atom is -0.456 e. The standard InChI is InChI=1S/C18H19N3O7S2/c22-16(20-9-1-3-13-11-14(21(24)25)5-6-15(13)20)12-28-17(23)7-8-19-30(26,27)18-4-2-10-29-18/h2,4-6,10-11,19H,1,3,7-9,12H2. The van der Waals surface area contributed by atoms with E-state index in [0.29, 0.717) is 30.6 Å². The Balaban J connectivity index is 1.50. The van der Waals surface area contributed by atoms with Crippen LogP contribution in [0.1, 0.15) is 18.4 Å². The second-order valence-electron chi connectivity index (χ2n) is 6.46. The van der Waals surface area contributed by atoms with Crippen LogP contribution in [0.3, 0.4) is 0 Å². The molecule has 1 aromatic carbocycles. The summed E-state index contributed by atoms with van der Waals surface area (Å²) >= 11 is 1.06. The molecular formula is C18H19N3O7S2. The third-order valence-corrected chi connectivity index (χ3v) is 7.29. The van der Waals surface area contributed by atoms with Crippen LogP contribution in [0, 0.1) is 10.1 Å². The van der Waals surface area contributed by atoms with Crippen LogP contribution >= 0.6 is 11.3 Å². The number of esters is 1.